The molecule has 3 N–H and O–H groups in total. The summed E-state index contributed by atoms with van der Waals surface area (Å²) in [7, 11) is 1.80. The Morgan fingerprint density at radius 1 is 1.09 bits per heavy atom. The minimum atomic E-state index is -0.521. The number of nitrogens with two attached hydrogens (primary N) is 1. The Morgan fingerprint density at radius 2 is 1.97 bits per heavy atom. The normalized spacial score (nSPS) is 11.0. The predicted molar refractivity (Wildman–Crippen MR) is 125 cm³/mol. The lowest BCUT2D eigenvalue weighted by atomic mass is 10.0. The smallest absolute Gasteiger partial charge is 0.274 e. The quantitative estimate of drug-likeness (QED) is 0.418. The molecule has 0 bridgehead atoms. The van der Waals surface area contributed by atoms with Crippen LogP contribution in [0.25, 0.3) is 33.5 Å². The van der Waals surface area contributed by atoms with Crippen molar-refractivity contribution in [3.05, 3.63) is 84.3 Å². The molecule has 9 nitrogen and oxygen atoms in total. The van der Waals surface area contributed by atoms with E-state index in [4.69, 9.17) is 5.73 Å². The molecular formula is C24H19FN8O. The third-order valence-corrected chi connectivity index (χ3v) is 5.19. The molecule has 0 saturated carbocycles. The van der Waals surface area contributed by atoms with E-state index >= 15 is 0 Å². The highest BCUT2D eigenvalue weighted by molar-refractivity contribution is 5.98. The van der Waals surface area contributed by atoms with Crippen molar-refractivity contribution in [2.75, 3.05) is 5.73 Å². The number of nitrogens with zero attached hydrogens (tertiary/aromatic N) is 6. The van der Waals surface area contributed by atoms with Crippen LogP contribution in [0.3, 0.4) is 0 Å². The number of aryl methyl sites for hydroxylation is 1. The van der Waals surface area contributed by atoms with E-state index in [1.165, 1.54) is 12.1 Å². The Morgan fingerprint density at radius 3 is 2.74 bits per heavy atom. The Labute approximate surface area is 193 Å². The van der Waals surface area contributed by atoms with Gasteiger partial charge in [-0.15, -0.1) is 0 Å². The van der Waals surface area contributed by atoms with E-state index in [9.17, 15) is 9.18 Å². The summed E-state index contributed by atoms with van der Waals surface area (Å²) in [4.78, 5) is 30.3. The summed E-state index contributed by atoms with van der Waals surface area (Å²) in [5, 5.41) is 8.06. The van der Waals surface area contributed by atoms with Crippen molar-refractivity contribution >= 4 is 22.6 Å². The molecule has 0 saturated heterocycles. The zero-order valence-electron chi connectivity index (χ0n) is 18.1. The van der Waals surface area contributed by atoms with Crippen molar-refractivity contribution in [2.45, 2.75) is 6.54 Å². The molecule has 0 aliphatic rings. The van der Waals surface area contributed by atoms with Gasteiger partial charge in [0, 0.05) is 30.4 Å². The Balaban J connectivity index is 1.56. The second kappa shape index (κ2) is 8.66. The van der Waals surface area contributed by atoms with Gasteiger partial charge in [0.05, 0.1) is 29.6 Å². The molecule has 1 amide bonds. The first-order valence-electron chi connectivity index (χ1n) is 10.4. The molecule has 0 unspecified atom stereocenters. The number of benzene rings is 1. The summed E-state index contributed by atoms with van der Waals surface area (Å²) in [5.74, 6) is -1.01. The molecule has 1 aromatic carbocycles. The van der Waals surface area contributed by atoms with Gasteiger partial charge in [-0.05, 0) is 36.4 Å². The van der Waals surface area contributed by atoms with Crippen molar-refractivity contribution in [1.29, 1.82) is 0 Å². The first-order valence-corrected chi connectivity index (χ1v) is 10.4. The van der Waals surface area contributed by atoms with E-state index in [1.807, 2.05) is 30.3 Å². The number of rotatable bonds is 5. The number of carbonyl (C=O) groups is 1. The number of carbonyl (C=O) groups excluding carboxylic acids is 1. The fraction of sp³-hybridized carbons (Fsp3) is 0.0833. The van der Waals surface area contributed by atoms with E-state index < -0.39 is 11.7 Å². The van der Waals surface area contributed by atoms with Gasteiger partial charge in [-0.1, -0.05) is 12.1 Å². The third-order valence-electron chi connectivity index (χ3n) is 5.19. The Bertz CT molecular complexity index is 1510. The molecule has 0 fully saturated rings. The molecule has 34 heavy (non-hydrogen) atoms. The number of pyridine rings is 2. The molecule has 0 spiro atoms. The average molecular weight is 454 g/mol. The maximum atomic E-state index is 13.1. The minimum absolute atomic E-state index is 0.0249. The maximum absolute atomic E-state index is 13.1. The number of halogens is 1. The van der Waals surface area contributed by atoms with Gasteiger partial charge in [0.2, 0.25) is 0 Å². The fourth-order valence-corrected chi connectivity index (χ4v) is 3.53. The number of hydrogen-bond donors (Lipinski definition) is 2. The van der Waals surface area contributed by atoms with Crippen molar-refractivity contribution in [3.63, 3.8) is 0 Å². The van der Waals surface area contributed by atoms with Gasteiger partial charge in [0.25, 0.3) is 5.91 Å². The van der Waals surface area contributed by atoms with Crippen LogP contribution in [0.15, 0.2) is 67.1 Å². The van der Waals surface area contributed by atoms with Crippen LogP contribution in [-0.2, 0) is 13.6 Å². The lowest BCUT2D eigenvalue weighted by Crippen LogP contribution is -2.26. The Kier molecular flexibility index (Phi) is 5.38. The molecule has 168 valence electrons. The summed E-state index contributed by atoms with van der Waals surface area (Å²) < 4.78 is 14.7. The van der Waals surface area contributed by atoms with Crippen LogP contribution < -0.4 is 11.1 Å². The van der Waals surface area contributed by atoms with Crippen LogP contribution in [0.5, 0.6) is 0 Å². The molecule has 0 aliphatic heterocycles. The van der Waals surface area contributed by atoms with E-state index in [2.05, 4.69) is 30.4 Å². The largest absolute Gasteiger partial charge is 0.382 e. The SMILES string of the molecule is Cn1ccc(-c2nc(N)c(C(=O)NCc3ccc(F)cn3)nc2-c2ccc3ncccc3c2)n1. The van der Waals surface area contributed by atoms with Crippen LogP contribution in [0, 0.1) is 5.82 Å². The van der Waals surface area contributed by atoms with E-state index in [1.54, 1.807) is 30.2 Å². The minimum Gasteiger partial charge on any atom is -0.382 e. The van der Waals surface area contributed by atoms with Crippen molar-refractivity contribution < 1.29 is 9.18 Å². The highest BCUT2D eigenvalue weighted by Crippen LogP contribution is 2.31. The number of anilines is 1. The molecule has 0 atom stereocenters. The number of hydrogen-bond acceptors (Lipinski definition) is 7. The van der Waals surface area contributed by atoms with Gasteiger partial charge < -0.3 is 11.1 Å². The average Bonchev–Trinajstić information content (AvgIpc) is 3.29. The van der Waals surface area contributed by atoms with Crippen LogP contribution in [0.1, 0.15) is 16.2 Å². The van der Waals surface area contributed by atoms with Crippen molar-refractivity contribution in [3.8, 4) is 22.6 Å². The van der Waals surface area contributed by atoms with Crippen LogP contribution in [0.4, 0.5) is 10.2 Å². The highest BCUT2D eigenvalue weighted by Gasteiger charge is 2.21. The molecule has 5 rings (SSSR count). The number of amides is 1. The summed E-state index contributed by atoms with van der Waals surface area (Å²) in [6.45, 7) is 0.0825. The van der Waals surface area contributed by atoms with E-state index in [0.717, 1.165) is 22.7 Å². The van der Waals surface area contributed by atoms with Gasteiger partial charge in [-0.3, -0.25) is 19.4 Å². The molecule has 5 aromatic rings. The number of nitrogens with one attached hydrogen (secondary N) is 1. The van der Waals surface area contributed by atoms with Crippen molar-refractivity contribution in [2.24, 2.45) is 7.05 Å². The number of nitrogen functional groups attached to an aromatic ring is 1. The maximum Gasteiger partial charge on any atom is 0.274 e. The second-order valence-corrected chi connectivity index (χ2v) is 7.59. The highest BCUT2D eigenvalue weighted by atomic mass is 19.1. The molecule has 4 heterocycles. The monoisotopic (exact) mass is 454 g/mol. The zero-order chi connectivity index (χ0) is 23.7. The van der Waals surface area contributed by atoms with E-state index in [0.29, 0.717) is 22.8 Å². The van der Waals surface area contributed by atoms with Crippen LogP contribution in [-0.4, -0.2) is 35.6 Å². The van der Waals surface area contributed by atoms with Gasteiger partial charge in [0.1, 0.15) is 17.2 Å². The lowest BCUT2D eigenvalue weighted by Gasteiger charge is -2.12. The molecule has 0 radical (unpaired) electrons. The van der Waals surface area contributed by atoms with Gasteiger partial charge in [-0.2, -0.15) is 5.10 Å². The summed E-state index contributed by atoms with van der Waals surface area (Å²) >= 11 is 0. The topological polar surface area (TPSA) is 124 Å². The number of aromatic nitrogens is 6. The Hall–Kier alpha value is -4.73. The number of fused-ring (bicyclic) bond motifs is 1. The first-order chi connectivity index (χ1) is 16.5. The lowest BCUT2D eigenvalue weighted by molar-refractivity contribution is 0.0946. The summed E-state index contributed by atoms with van der Waals surface area (Å²) in [6, 6.07) is 14.0. The molecule has 0 aliphatic carbocycles. The standard InChI is InChI=1S/C24H19FN8O/c1-33-10-8-19(32-33)21-20(15-4-7-18-14(11-15)3-2-9-27-18)30-22(23(26)31-21)24(34)29-13-17-6-5-16(25)12-28-17/h2-12H,13H2,1H3,(H2,26,31)(H,29,34). The second-order valence-electron chi connectivity index (χ2n) is 7.59. The fourth-order valence-electron chi connectivity index (χ4n) is 3.53. The molecule has 4 aromatic heterocycles. The first kappa shape index (κ1) is 21.1. The van der Waals surface area contributed by atoms with E-state index in [-0.39, 0.29) is 18.1 Å². The predicted octanol–water partition coefficient (Wildman–Crippen LogP) is 3.14. The third kappa shape index (κ3) is 4.16. The summed E-state index contributed by atoms with van der Waals surface area (Å²) in [5.41, 5.74) is 9.68. The van der Waals surface area contributed by atoms with Crippen molar-refractivity contribution in [1.82, 2.24) is 35.0 Å². The van der Waals surface area contributed by atoms with Gasteiger partial charge in [0.15, 0.2) is 11.5 Å². The molecule has 10 heteroatoms. The zero-order valence-corrected chi connectivity index (χ0v) is 18.1. The van der Waals surface area contributed by atoms with Gasteiger partial charge >= 0.3 is 0 Å². The van der Waals surface area contributed by atoms with Gasteiger partial charge in [-0.25, -0.2) is 14.4 Å². The van der Waals surface area contributed by atoms with Crippen LogP contribution >= 0.6 is 0 Å². The summed E-state index contributed by atoms with van der Waals surface area (Å²) in [6.07, 6.45) is 4.60. The molecular weight excluding hydrogens is 435 g/mol. The van der Waals surface area contributed by atoms with Crippen LogP contribution in [0.2, 0.25) is 0 Å².